The number of nitrogens with zero attached hydrogens (tertiary/aromatic N) is 1. The first-order valence-corrected chi connectivity index (χ1v) is 8.74. The van der Waals surface area contributed by atoms with Crippen molar-refractivity contribution in [3.63, 3.8) is 0 Å². The van der Waals surface area contributed by atoms with Crippen LogP contribution in [0.25, 0.3) is 0 Å². The van der Waals surface area contributed by atoms with Gasteiger partial charge in [-0.2, -0.15) is 0 Å². The maximum atomic E-state index is 12.5. The molecule has 0 aromatic heterocycles. The van der Waals surface area contributed by atoms with Gasteiger partial charge in [-0.25, -0.2) is 0 Å². The number of phenolic OH excluding ortho intramolecular Hbond substituents is 1. The predicted molar refractivity (Wildman–Crippen MR) is 102 cm³/mol. The molecule has 2 aromatic carbocycles. The molecule has 25 heavy (non-hydrogen) atoms. The summed E-state index contributed by atoms with van der Waals surface area (Å²) >= 11 is 3.38. The zero-order valence-electron chi connectivity index (χ0n) is 14.5. The molecule has 0 aliphatic heterocycles. The van der Waals surface area contributed by atoms with Crippen molar-refractivity contribution < 1.29 is 14.7 Å². The third-order valence-electron chi connectivity index (χ3n) is 3.89. The third kappa shape index (κ3) is 4.82. The molecule has 6 heteroatoms. The Labute approximate surface area is 155 Å². The number of nitrogens with one attached hydrogen (secondary N) is 1. The Kier molecular flexibility index (Phi) is 6.20. The molecule has 0 atom stereocenters. The van der Waals surface area contributed by atoms with E-state index in [2.05, 4.69) is 21.2 Å². The molecule has 2 rings (SSSR count). The van der Waals surface area contributed by atoms with E-state index < -0.39 is 5.91 Å². The van der Waals surface area contributed by atoms with Crippen molar-refractivity contribution in [2.75, 3.05) is 18.9 Å². The van der Waals surface area contributed by atoms with E-state index in [0.29, 0.717) is 5.69 Å². The molecule has 0 bridgehead atoms. The first kappa shape index (κ1) is 19.0. The number of carbonyl (C=O) groups excluding carboxylic acids is 2. The predicted octanol–water partition coefficient (Wildman–Crippen LogP) is 3.74. The molecule has 5 nitrogen and oxygen atoms in total. The fourth-order valence-corrected chi connectivity index (χ4v) is 2.90. The Hall–Kier alpha value is -2.34. The smallest absolute Gasteiger partial charge is 0.257 e. The topological polar surface area (TPSA) is 69.6 Å². The third-order valence-corrected chi connectivity index (χ3v) is 4.38. The Morgan fingerprint density at radius 2 is 1.92 bits per heavy atom. The number of phenols is 1. The zero-order valence-corrected chi connectivity index (χ0v) is 16.1. The Morgan fingerprint density at radius 1 is 1.20 bits per heavy atom. The maximum Gasteiger partial charge on any atom is 0.257 e. The molecule has 0 fully saturated rings. The molecule has 2 N–H and O–H groups in total. The first-order valence-electron chi connectivity index (χ1n) is 7.95. The molecule has 0 saturated heterocycles. The van der Waals surface area contributed by atoms with Gasteiger partial charge in [0.15, 0.2) is 0 Å². The number of likely N-dealkylation sites (N-methyl/N-ethyl adjacent to an activating group) is 1. The summed E-state index contributed by atoms with van der Waals surface area (Å²) in [6.07, 6.45) is 0.758. The Bertz CT molecular complexity index is 805. The van der Waals surface area contributed by atoms with E-state index in [1.165, 1.54) is 18.0 Å². The number of benzene rings is 2. The van der Waals surface area contributed by atoms with Crippen molar-refractivity contribution in [1.29, 1.82) is 0 Å². The maximum absolute atomic E-state index is 12.5. The van der Waals surface area contributed by atoms with Crippen molar-refractivity contribution in [2.45, 2.75) is 20.3 Å². The molecule has 2 amide bonds. The van der Waals surface area contributed by atoms with Crippen LogP contribution >= 0.6 is 15.9 Å². The normalized spacial score (nSPS) is 10.4. The lowest BCUT2D eigenvalue weighted by Crippen LogP contribution is -2.35. The number of hydrogen-bond acceptors (Lipinski definition) is 3. The SMILES string of the molecule is CCc1ccc(O)c(C(=O)N(C)CC(=O)Nc2ccc(Br)cc2C)c1. The number of rotatable bonds is 5. The van der Waals surface area contributed by atoms with Crippen molar-refractivity contribution in [3.05, 3.63) is 57.6 Å². The quantitative estimate of drug-likeness (QED) is 0.797. The highest BCUT2D eigenvalue weighted by Gasteiger charge is 2.19. The van der Waals surface area contributed by atoms with Crippen LogP contribution in [0.3, 0.4) is 0 Å². The van der Waals surface area contributed by atoms with Crippen molar-refractivity contribution in [2.24, 2.45) is 0 Å². The zero-order chi connectivity index (χ0) is 18.6. The monoisotopic (exact) mass is 404 g/mol. The first-order chi connectivity index (χ1) is 11.8. The molecule has 0 aliphatic rings. The van der Waals surface area contributed by atoms with Crippen LogP contribution in [0.4, 0.5) is 5.69 Å². The lowest BCUT2D eigenvalue weighted by atomic mass is 10.1. The van der Waals surface area contributed by atoms with E-state index in [1.54, 1.807) is 18.2 Å². The van der Waals surface area contributed by atoms with Gasteiger partial charge in [0.1, 0.15) is 5.75 Å². The summed E-state index contributed by atoms with van der Waals surface area (Å²) in [4.78, 5) is 26.0. The van der Waals surface area contributed by atoms with Gasteiger partial charge >= 0.3 is 0 Å². The summed E-state index contributed by atoms with van der Waals surface area (Å²) in [5.74, 6) is -0.777. The fourth-order valence-electron chi connectivity index (χ4n) is 2.42. The highest BCUT2D eigenvalue weighted by molar-refractivity contribution is 9.10. The van der Waals surface area contributed by atoms with E-state index in [9.17, 15) is 14.7 Å². The second-order valence-electron chi connectivity index (χ2n) is 5.87. The molecule has 2 aromatic rings. The molecule has 0 aliphatic carbocycles. The summed E-state index contributed by atoms with van der Waals surface area (Å²) in [5.41, 5.74) is 2.77. The van der Waals surface area contributed by atoms with Gasteiger partial charge in [0.2, 0.25) is 5.91 Å². The van der Waals surface area contributed by atoms with Crippen LogP contribution in [0.5, 0.6) is 5.75 Å². The minimum absolute atomic E-state index is 0.0850. The van der Waals surface area contributed by atoms with Gasteiger partial charge in [0, 0.05) is 17.2 Å². The van der Waals surface area contributed by atoms with Crippen LogP contribution in [0.15, 0.2) is 40.9 Å². The molecule has 0 heterocycles. The van der Waals surface area contributed by atoms with E-state index in [-0.39, 0.29) is 23.8 Å². The molecule has 0 spiro atoms. The summed E-state index contributed by atoms with van der Waals surface area (Å²) in [6.45, 7) is 3.76. The fraction of sp³-hybridized carbons (Fsp3) is 0.263. The van der Waals surface area contributed by atoms with Gasteiger partial charge < -0.3 is 15.3 Å². The van der Waals surface area contributed by atoms with Crippen LogP contribution < -0.4 is 5.32 Å². The van der Waals surface area contributed by atoms with Crippen molar-refractivity contribution in [1.82, 2.24) is 4.90 Å². The Morgan fingerprint density at radius 3 is 2.56 bits per heavy atom. The Balaban J connectivity index is 2.06. The van der Waals surface area contributed by atoms with Gasteiger partial charge in [-0.15, -0.1) is 0 Å². The lowest BCUT2D eigenvalue weighted by Gasteiger charge is -2.18. The van der Waals surface area contributed by atoms with Gasteiger partial charge in [-0.05, 0) is 54.8 Å². The minimum Gasteiger partial charge on any atom is -0.507 e. The molecular formula is C19H21BrN2O3. The standard InChI is InChI=1S/C19H21BrN2O3/c1-4-13-5-8-17(23)15(10-13)19(25)22(3)11-18(24)21-16-7-6-14(20)9-12(16)2/h5-10,23H,4,11H2,1-3H3,(H,21,24). The summed E-state index contributed by atoms with van der Waals surface area (Å²) in [5, 5.41) is 12.7. The number of amides is 2. The highest BCUT2D eigenvalue weighted by Crippen LogP contribution is 2.21. The molecule has 0 radical (unpaired) electrons. The molecule has 132 valence electrons. The minimum atomic E-state index is -0.393. The molecule has 0 saturated carbocycles. The van der Waals surface area contributed by atoms with Crippen LogP contribution in [0.2, 0.25) is 0 Å². The van der Waals surface area contributed by atoms with Crippen LogP contribution in [-0.2, 0) is 11.2 Å². The number of halogens is 1. The summed E-state index contributed by atoms with van der Waals surface area (Å²) in [6, 6.07) is 10.5. The largest absolute Gasteiger partial charge is 0.507 e. The van der Waals surface area contributed by atoms with Gasteiger partial charge in [-0.3, -0.25) is 9.59 Å². The van der Waals surface area contributed by atoms with Gasteiger partial charge in [-0.1, -0.05) is 28.9 Å². The van der Waals surface area contributed by atoms with Crippen LogP contribution in [-0.4, -0.2) is 35.4 Å². The summed E-state index contributed by atoms with van der Waals surface area (Å²) < 4.78 is 0.932. The number of aromatic hydroxyl groups is 1. The second kappa shape index (κ2) is 8.16. The van der Waals surface area contributed by atoms with Gasteiger partial charge in [0.25, 0.3) is 5.91 Å². The van der Waals surface area contributed by atoms with Crippen LogP contribution in [0.1, 0.15) is 28.4 Å². The second-order valence-corrected chi connectivity index (χ2v) is 6.79. The van der Waals surface area contributed by atoms with Crippen LogP contribution in [0, 0.1) is 6.92 Å². The molecular weight excluding hydrogens is 384 g/mol. The summed E-state index contributed by atoms with van der Waals surface area (Å²) in [7, 11) is 1.54. The number of anilines is 1. The number of hydrogen-bond donors (Lipinski definition) is 2. The number of carbonyl (C=O) groups is 2. The van der Waals surface area contributed by atoms with Gasteiger partial charge in [0.05, 0.1) is 12.1 Å². The van der Waals surface area contributed by atoms with Crippen molar-refractivity contribution in [3.8, 4) is 5.75 Å². The average molecular weight is 405 g/mol. The number of aryl methyl sites for hydroxylation is 2. The molecule has 0 unspecified atom stereocenters. The average Bonchev–Trinajstić information content (AvgIpc) is 2.57. The van der Waals surface area contributed by atoms with E-state index in [0.717, 1.165) is 22.0 Å². The van der Waals surface area contributed by atoms with E-state index >= 15 is 0 Å². The van der Waals surface area contributed by atoms with E-state index in [4.69, 9.17) is 0 Å². The van der Waals surface area contributed by atoms with E-state index in [1.807, 2.05) is 26.0 Å². The lowest BCUT2D eigenvalue weighted by molar-refractivity contribution is -0.116. The highest BCUT2D eigenvalue weighted by atomic mass is 79.9. The van der Waals surface area contributed by atoms with Crippen molar-refractivity contribution >= 4 is 33.4 Å².